The number of nitrogen functional groups attached to an aromatic ring is 1. The lowest BCUT2D eigenvalue weighted by Gasteiger charge is -2.09. The van der Waals surface area contributed by atoms with Crippen LogP contribution in [0, 0.1) is 11.3 Å². The van der Waals surface area contributed by atoms with E-state index in [0.29, 0.717) is 36.2 Å². The van der Waals surface area contributed by atoms with Crippen molar-refractivity contribution in [1.82, 2.24) is 24.8 Å². The molecular formula is C24H22ClN7O2. The lowest BCUT2D eigenvalue weighted by atomic mass is 9.99. The smallest absolute Gasteiger partial charge is 0.407 e. The Bertz CT molecular complexity index is 1360. The van der Waals surface area contributed by atoms with Crippen LogP contribution < -0.4 is 11.1 Å². The number of carbonyl (C=O) groups excluding carboxylic acids is 1. The molecular weight excluding hydrogens is 454 g/mol. The maximum atomic E-state index is 12.1. The number of fused-ring (bicyclic) bond motifs is 1. The van der Waals surface area contributed by atoms with Crippen LogP contribution in [0.2, 0.25) is 5.28 Å². The number of hydrogen-bond acceptors (Lipinski definition) is 7. The number of alkyl carbamates (subject to hydrolysis) is 1. The molecule has 0 atom stereocenters. The molecule has 0 radical (unpaired) electrons. The molecule has 1 amide bonds. The number of nitriles is 1. The monoisotopic (exact) mass is 475 g/mol. The summed E-state index contributed by atoms with van der Waals surface area (Å²) in [4.78, 5) is 24.4. The van der Waals surface area contributed by atoms with Crippen LogP contribution in [-0.2, 0) is 17.8 Å². The van der Waals surface area contributed by atoms with Gasteiger partial charge in [-0.2, -0.15) is 15.2 Å². The number of rotatable bonds is 8. The zero-order valence-electron chi connectivity index (χ0n) is 18.2. The van der Waals surface area contributed by atoms with Crippen molar-refractivity contribution in [3.8, 4) is 17.2 Å². The summed E-state index contributed by atoms with van der Waals surface area (Å²) in [5.41, 5.74) is 10.2. The Labute approximate surface area is 201 Å². The Kier molecular flexibility index (Phi) is 7.20. The molecule has 172 valence electrons. The molecule has 10 heteroatoms. The first-order valence-electron chi connectivity index (χ1n) is 10.7. The van der Waals surface area contributed by atoms with Gasteiger partial charge in [0, 0.05) is 13.1 Å². The number of anilines is 1. The molecule has 0 spiro atoms. The molecule has 2 aromatic carbocycles. The number of aromatic nitrogens is 4. The third-order valence-electron chi connectivity index (χ3n) is 5.21. The predicted molar refractivity (Wildman–Crippen MR) is 129 cm³/mol. The molecule has 0 aliphatic heterocycles. The fraction of sp³-hybridized carbons (Fsp3) is 0.208. The molecule has 0 saturated carbocycles. The van der Waals surface area contributed by atoms with E-state index >= 15 is 0 Å². The van der Waals surface area contributed by atoms with Gasteiger partial charge in [-0.25, -0.2) is 9.78 Å². The van der Waals surface area contributed by atoms with Crippen molar-refractivity contribution in [2.75, 3.05) is 12.3 Å². The standard InChI is InChI=1S/C24H22ClN7O2/c25-23-30-21(27)20-22(31-23)32(15-29-20)10-3-4-11-34-24(33)28-14-16-6-5-8-17(12-16)19-9-2-1-7-18(19)13-26/h1-2,5-9,12,15H,3-4,10-11,14H2,(H,28,33)(H2,27,30,31). The highest BCUT2D eigenvalue weighted by molar-refractivity contribution is 6.28. The number of ether oxygens (including phenoxy) is 1. The summed E-state index contributed by atoms with van der Waals surface area (Å²) < 4.78 is 7.12. The van der Waals surface area contributed by atoms with Crippen LogP contribution in [0.3, 0.4) is 0 Å². The average Bonchev–Trinajstić information content (AvgIpc) is 3.25. The van der Waals surface area contributed by atoms with Gasteiger partial charge < -0.3 is 20.4 Å². The van der Waals surface area contributed by atoms with Crippen molar-refractivity contribution < 1.29 is 9.53 Å². The minimum absolute atomic E-state index is 0.0755. The Balaban J connectivity index is 1.22. The number of halogens is 1. The molecule has 34 heavy (non-hydrogen) atoms. The summed E-state index contributed by atoms with van der Waals surface area (Å²) in [5, 5.41) is 12.2. The van der Waals surface area contributed by atoms with Gasteiger partial charge in [-0.05, 0) is 53.3 Å². The Hall–Kier alpha value is -4.16. The van der Waals surface area contributed by atoms with Gasteiger partial charge in [0.2, 0.25) is 5.28 Å². The normalized spacial score (nSPS) is 10.7. The van der Waals surface area contributed by atoms with Gasteiger partial charge in [0.1, 0.15) is 5.52 Å². The highest BCUT2D eigenvalue weighted by atomic mass is 35.5. The van der Waals surface area contributed by atoms with Crippen LogP contribution >= 0.6 is 11.6 Å². The fourth-order valence-electron chi connectivity index (χ4n) is 3.56. The number of nitrogens with two attached hydrogens (primary N) is 1. The van der Waals surface area contributed by atoms with Crippen molar-refractivity contribution in [3.63, 3.8) is 0 Å². The highest BCUT2D eigenvalue weighted by Crippen LogP contribution is 2.24. The third-order valence-corrected chi connectivity index (χ3v) is 5.38. The van der Waals surface area contributed by atoms with Crippen LogP contribution in [0.25, 0.3) is 22.3 Å². The molecule has 4 aromatic rings. The van der Waals surface area contributed by atoms with Gasteiger partial charge in [-0.15, -0.1) is 0 Å². The van der Waals surface area contributed by atoms with E-state index in [0.717, 1.165) is 23.1 Å². The zero-order chi connectivity index (χ0) is 23.9. The molecule has 0 aliphatic rings. The average molecular weight is 476 g/mol. The summed E-state index contributed by atoms with van der Waals surface area (Å²) >= 11 is 5.88. The molecule has 4 rings (SSSR count). The van der Waals surface area contributed by atoms with Gasteiger partial charge in [0.15, 0.2) is 11.5 Å². The van der Waals surface area contributed by atoms with Gasteiger partial charge in [0.25, 0.3) is 0 Å². The summed E-state index contributed by atoms with van der Waals surface area (Å²) in [5.74, 6) is 0.244. The van der Waals surface area contributed by atoms with Crippen molar-refractivity contribution in [3.05, 3.63) is 71.3 Å². The molecule has 0 unspecified atom stereocenters. The van der Waals surface area contributed by atoms with Crippen molar-refractivity contribution in [2.24, 2.45) is 0 Å². The second kappa shape index (κ2) is 10.6. The van der Waals surface area contributed by atoms with Crippen LogP contribution in [0.1, 0.15) is 24.0 Å². The molecule has 2 aromatic heterocycles. The van der Waals surface area contributed by atoms with Crippen LogP contribution in [-0.4, -0.2) is 32.2 Å². The number of aryl methyl sites for hydroxylation is 1. The van der Waals surface area contributed by atoms with Crippen molar-refractivity contribution in [1.29, 1.82) is 5.26 Å². The summed E-state index contributed by atoms with van der Waals surface area (Å²) in [6, 6.07) is 17.3. The number of carbonyl (C=O) groups is 1. The quantitative estimate of drug-likeness (QED) is 0.286. The second-order valence-corrected chi connectivity index (χ2v) is 7.88. The van der Waals surface area contributed by atoms with E-state index < -0.39 is 6.09 Å². The van der Waals surface area contributed by atoms with E-state index in [1.807, 2.05) is 47.0 Å². The van der Waals surface area contributed by atoms with Crippen molar-refractivity contribution in [2.45, 2.75) is 25.9 Å². The molecule has 9 nitrogen and oxygen atoms in total. The molecule has 0 fully saturated rings. The van der Waals surface area contributed by atoms with E-state index in [4.69, 9.17) is 22.1 Å². The zero-order valence-corrected chi connectivity index (χ0v) is 19.0. The maximum Gasteiger partial charge on any atom is 0.407 e. The molecule has 0 aliphatic carbocycles. The SMILES string of the molecule is N#Cc1ccccc1-c1cccc(CNC(=O)OCCCCn2cnc3c(N)nc(Cl)nc32)c1. The van der Waals surface area contributed by atoms with Gasteiger partial charge >= 0.3 is 6.09 Å². The van der Waals surface area contributed by atoms with Crippen LogP contribution in [0.5, 0.6) is 0 Å². The molecule has 0 bridgehead atoms. The lowest BCUT2D eigenvalue weighted by Crippen LogP contribution is -2.24. The molecule has 3 N–H and O–H groups in total. The first kappa shape index (κ1) is 23.0. The minimum Gasteiger partial charge on any atom is -0.450 e. The minimum atomic E-state index is -0.483. The summed E-state index contributed by atoms with van der Waals surface area (Å²) in [6.45, 7) is 1.24. The first-order chi connectivity index (χ1) is 16.5. The number of nitrogens with zero attached hydrogens (tertiary/aromatic N) is 5. The van der Waals surface area contributed by atoms with E-state index in [9.17, 15) is 10.1 Å². The van der Waals surface area contributed by atoms with Crippen LogP contribution in [0.15, 0.2) is 54.9 Å². The Morgan fingerprint density at radius 2 is 2.03 bits per heavy atom. The number of hydrogen-bond donors (Lipinski definition) is 2. The van der Waals surface area contributed by atoms with E-state index in [1.54, 1.807) is 12.4 Å². The van der Waals surface area contributed by atoms with E-state index in [-0.39, 0.29) is 17.7 Å². The largest absolute Gasteiger partial charge is 0.450 e. The molecule has 2 heterocycles. The summed E-state index contributed by atoms with van der Waals surface area (Å²) in [6.07, 6.45) is 2.58. The van der Waals surface area contributed by atoms with Crippen molar-refractivity contribution >= 4 is 34.7 Å². The number of amides is 1. The maximum absolute atomic E-state index is 12.1. The number of nitrogens with one attached hydrogen (secondary N) is 1. The van der Waals surface area contributed by atoms with Crippen LogP contribution in [0.4, 0.5) is 10.6 Å². The summed E-state index contributed by atoms with van der Waals surface area (Å²) in [7, 11) is 0. The lowest BCUT2D eigenvalue weighted by molar-refractivity contribution is 0.143. The van der Waals surface area contributed by atoms with E-state index in [2.05, 4.69) is 26.3 Å². The first-order valence-corrected chi connectivity index (χ1v) is 11.1. The number of unbranched alkanes of at least 4 members (excludes halogenated alkanes) is 1. The van der Waals surface area contributed by atoms with Gasteiger partial charge in [0.05, 0.1) is 24.6 Å². The van der Waals surface area contributed by atoms with Gasteiger partial charge in [-0.3, -0.25) is 0 Å². The molecule has 0 saturated heterocycles. The Morgan fingerprint density at radius 1 is 1.18 bits per heavy atom. The fourth-order valence-corrected chi connectivity index (χ4v) is 3.73. The number of imidazole rings is 1. The Morgan fingerprint density at radius 3 is 2.88 bits per heavy atom. The second-order valence-electron chi connectivity index (χ2n) is 7.54. The van der Waals surface area contributed by atoms with Gasteiger partial charge in [-0.1, -0.05) is 36.4 Å². The topological polar surface area (TPSA) is 132 Å². The predicted octanol–water partition coefficient (Wildman–Crippen LogP) is 4.31. The third kappa shape index (κ3) is 5.42. The van der Waals surface area contributed by atoms with E-state index in [1.165, 1.54) is 0 Å². The highest BCUT2D eigenvalue weighted by Gasteiger charge is 2.10. The number of benzene rings is 2.